The fourth-order valence-electron chi connectivity index (χ4n) is 0.959. The predicted octanol–water partition coefficient (Wildman–Crippen LogP) is 1.69. The van der Waals surface area contributed by atoms with Crippen molar-refractivity contribution in [3.63, 3.8) is 0 Å². The molecule has 1 aromatic heterocycles. The Kier molecular flexibility index (Phi) is 2.41. The zero-order chi connectivity index (χ0) is 8.27. The van der Waals surface area contributed by atoms with E-state index in [2.05, 4.69) is 19.0 Å². The minimum atomic E-state index is 0.360. The van der Waals surface area contributed by atoms with Crippen molar-refractivity contribution in [3.05, 3.63) is 17.5 Å². The quantitative estimate of drug-likeness (QED) is 0.620. The number of rotatable bonds is 3. The summed E-state index contributed by atoms with van der Waals surface area (Å²) in [7, 11) is 0. The van der Waals surface area contributed by atoms with Gasteiger partial charge in [0.05, 0.1) is 6.20 Å². The highest BCUT2D eigenvalue weighted by Gasteiger charge is 2.07. The molecule has 0 spiro atoms. The molecule has 0 bridgehead atoms. The molecule has 0 amide bonds. The first-order valence-electron chi connectivity index (χ1n) is 3.62. The fourth-order valence-corrected chi connectivity index (χ4v) is 0.959. The molecule has 0 saturated carbocycles. The van der Waals surface area contributed by atoms with Gasteiger partial charge in [-0.3, -0.25) is 4.79 Å². The van der Waals surface area contributed by atoms with Crippen LogP contribution >= 0.6 is 0 Å². The van der Waals surface area contributed by atoms with Crippen molar-refractivity contribution in [1.29, 1.82) is 0 Å². The van der Waals surface area contributed by atoms with E-state index in [4.69, 9.17) is 4.52 Å². The van der Waals surface area contributed by atoms with E-state index in [1.54, 1.807) is 6.20 Å². The number of hydrogen-bond donors (Lipinski definition) is 0. The van der Waals surface area contributed by atoms with Crippen LogP contribution < -0.4 is 0 Å². The summed E-state index contributed by atoms with van der Waals surface area (Å²) in [5, 5.41) is 3.54. The number of carbonyl (C=O) groups excluding carboxylic acids is 1. The first-order valence-corrected chi connectivity index (χ1v) is 3.62. The summed E-state index contributed by atoms with van der Waals surface area (Å²) in [5.41, 5.74) is 0.898. The molecule has 1 rings (SSSR count). The molecule has 11 heavy (non-hydrogen) atoms. The van der Waals surface area contributed by atoms with Gasteiger partial charge in [0, 0.05) is 5.56 Å². The second-order valence-corrected chi connectivity index (χ2v) is 2.93. The predicted molar refractivity (Wildman–Crippen MR) is 40.4 cm³/mol. The minimum absolute atomic E-state index is 0.360. The van der Waals surface area contributed by atoms with E-state index < -0.39 is 0 Å². The number of nitrogens with zero attached hydrogens (tertiary/aromatic N) is 1. The summed E-state index contributed by atoms with van der Waals surface area (Å²) < 4.78 is 4.70. The van der Waals surface area contributed by atoms with E-state index in [1.807, 2.05) is 0 Å². The van der Waals surface area contributed by atoms with Crippen LogP contribution in [0.4, 0.5) is 0 Å². The largest absolute Gasteiger partial charge is 0.353 e. The zero-order valence-electron chi connectivity index (χ0n) is 6.70. The number of aldehydes is 1. The molecule has 1 heterocycles. The third-order valence-electron chi connectivity index (χ3n) is 1.41. The molecule has 0 saturated heterocycles. The van der Waals surface area contributed by atoms with Crippen molar-refractivity contribution in [2.45, 2.75) is 20.3 Å². The van der Waals surface area contributed by atoms with Gasteiger partial charge in [-0.2, -0.15) is 0 Å². The van der Waals surface area contributed by atoms with Gasteiger partial charge in [0.25, 0.3) is 0 Å². The van der Waals surface area contributed by atoms with Gasteiger partial charge in [0.1, 0.15) is 0 Å². The molecule has 3 heteroatoms. The Bertz CT molecular complexity index is 240. The maximum Gasteiger partial charge on any atom is 0.202 e. The zero-order valence-corrected chi connectivity index (χ0v) is 6.70. The van der Waals surface area contributed by atoms with Gasteiger partial charge in [0.2, 0.25) is 5.76 Å². The number of hydrogen-bond acceptors (Lipinski definition) is 3. The molecule has 0 fully saturated rings. The lowest BCUT2D eigenvalue weighted by Gasteiger charge is -1.99. The van der Waals surface area contributed by atoms with E-state index >= 15 is 0 Å². The summed E-state index contributed by atoms with van der Waals surface area (Å²) >= 11 is 0. The molecular weight excluding hydrogens is 142 g/mol. The lowest BCUT2D eigenvalue weighted by Crippen LogP contribution is -1.94. The molecule has 1 aromatic rings. The highest BCUT2D eigenvalue weighted by Crippen LogP contribution is 2.10. The van der Waals surface area contributed by atoms with Gasteiger partial charge >= 0.3 is 0 Å². The molecule has 0 aliphatic carbocycles. The highest BCUT2D eigenvalue weighted by molar-refractivity contribution is 5.72. The van der Waals surface area contributed by atoms with Crippen molar-refractivity contribution in [2.24, 2.45) is 5.92 Å². The summed E-state index contributed by atoms with van der Waals surface area (Å²) in [6, 6.07) is 0. The van der Waals surface area contributed by atoms with Crippen LogP contribution in [0.1, 0.15) is 30.0 Å². The van der Waals surface area contributed by atoms with E-state index in [0.29, 0.717) is 18.0 Å². The Morgan fingerprint density at radius 2 is 2.45 bits per heavy atom. The normalized spacial score (nSPS) is 10.5. The van der Waals surface area contributed by atoms with Crippen LogP contribution in [0.25, 0.3) is 0 Å². The van der Waals surface area contributed by atoms with Crippen LogP contribution in [0, 0.1) is 5.92 Å². The molecule has 0 N–H and O–H groups in total. The summed E-state index contributed by atoms with van der Waals surface area (Å²) in [6.45, 7) is 4.17. The van der Waals surface area contributed by atoms with Crippen LogP contribution in [0.2, 0.25) is 0 Å². The van der Waals surface area contributed by atoms with Crippen LogP contribution in [0.3, 0.4) is 0 Å². The van der Waals surface area contributed by atoms with Crippen molar-refractivity contribution >= 4 is 6.29 Å². The highest BCUT2D eigenvalue weighted by atomic mass is 16.5. The standard InChI is InChI=1S/C8H11NO2/c1-6(2)3-7-4-9-11-8(7)5-10/h4-6H,3H2,1-2H3. The van der Waals surface area contributed by atoms with Crippen molar-refractivity contribution in [3.8, 4) is 0 Å². The third kappa shape index (κ3) is 1.90. The molecule has 60 valence electrons. The SMILES string of the molecule is CC(C)Cc1cnoc1C=O. The van der Waals surface area contributed by atoms with Gasteiger partial charge in [-0.25, -0.2) is 0 Å². The van der Waals surface area contributed by atoms with Gasteiger partial charge in [0.15, 0.2) is 6.29 Å². The van der Waals surface area contributed by atoms with Crippen molar-refractivity contribution in [1.82, 2.24) is 5.16 Å². The Morgan fingerprint density at radius 3 is 3.00 bits per heavy atom. The molecule has 0 unspecified atom stereocenters. The summed E-state index contributed by atoms with van der Waals surface area (Å²) in [6.07, 6.45) is 3.14. The van der Waals surface area contributed by atoms with E-state index in [0.717, 1.165) is 12.0 Å². The first-order chi connectivity index (χ1) is 5.24. The Morgan fingerprint density at radius 1 is 1.73 bits per heavy atom. The average molecular weight is 153 g/mol. The average Bonchev–Trinajstić information content (AvgIpc) is 2.34. The van der Waals surface area contributed by atoms with Crippen molar-refractivity contribution in [2.75, 3.05) is 0 Å². The molecule has 0 aliphatic rings. The van der Waals surface area contributed by atoms with Crippen molar-refractivity contribution < 1.29 is 9.32 Å². The fraction of sp³-hybridized carbons (Fsp3) is 0.500. The molecule has 0 aliphatic heterocycles. The number of aromatic nitrogens is 1. The summed E-state index contributed by atoms with van der Waals surface area (Å²) in [5.74, 6) is 0.881. The lowest BCUT2D eigenvalue weighted by molar-refractivity contribution is 0.109. The molecule has 0 radical (unpaired) electrons. The Hall–Kier alpha value is -1.12. The minimum Gasteiger partial charge on any atom is -0.353 e. The van der Waals surface area contributed by atoms with Crippen LogP contribution in [0.5, 0.6) is 0 Å². The molecular formula is C8H11NO2. The number of carbonyl (C=O) groups is 1. The topological polar surface area (TPSA) is 43.1 Å². The van der Waals surface area contributed by atoms with Gasteiger partial charge in [-0.1, -0.05) is 19.0 Å². The van der Waals surface area contributed by atoms with E-state index in [1.165, 1.54) is 0 Å². The lowest BCUT2D eigenvalue weighted by atomic mass is 10.0. The maximum atomic E-state index is 10.3. The molecule has 0 aromatic carbocycles. The molecule has 3 nitrogen and oxygen atoms in total. The Labute approximate surface area is 65.4 Å². The van der Waals surface area contributed by atoms with Gasteiger partial charge < -0.3 is 4.52 Å². The monoisotopic (exact) mass is 153 g/mol. The third-order valence-corrected chi connectivity index (χ3v) is 1.41. The van der Waals surface area contributed by atoms with Gasteiger partial charge in [-0.15, -0.1) is 0 Å². The first kappa shape index (κ1) is 7.98. The Balaban J connectivity index is 2.76. The van der Waals surface area contributed by atoms with Crippen LogP contribution in [0.15, 0.2) is 10.7 Å². The van der Waals surface area contributed by atoms with E-state index in [9.17, 15) is 4.79 Å². The van der Waals surface area contributed by atoms with Gasteiger partial charge in [-0.05, 0) is 12.3 Å². The van der Waals surface area contributed by atoms with E-state index in [-0.39, 0.29) is 0 Å². The smallest absolute Gasteiger partial charge is 0.202 e. The maximum absolute atomic E-state index is 10.3. The molecule has 0 atom stereocenters. The second-order valence-electron chi connectivity index (χ2n) is 2.93. The second kappa shape index (κ2) is 3.32. The van der Waals surface area contributed by atoms with Crippen LogP contribution in [-0.2, 0) is 6.42 Å². The van der Waals surface area contributed by atoms with Crippen LogP contribution in [-0.4, -0.2) is 11.4 Å². The summed E-state index contributed by atoms with van der Waals surface area (Å²) in [4.78, 5) is 10.3.